The maximum atomic E-state index is 12.4. The van der Waals surface area contributed by atoms with E-state index < -0.39 is 0 Å². The fraction of sp³-hybridized carbons (Fsp3) is 0.588. The summed E-state index contributed by atoms with van der Waals surface area (Å²) in [6.45, 7) is 7.07. The highest BCUT2D eigenvalue weighted by Crippen LogP contribution is 2.24. The first-order chi connectivity index (χ1) is 10.6. The molecule has 5 nitrogen and oxygen atoms in total. The molecule has 1 N–H and O–H groups in total. The van der Waals surface area contributed by atoms with Gasteiger partial charge in [0, 0.05) is 17.9 Å². The molecule has 0 saturated heterocycles. The van der Waals surface area contributed by atoms with Crippen LogP contribution in [0.4, 0.5) is 0 Å². The van der Waals surface area contributed by atoms with Gasteiger partial charge in [-0.25, -0.2) is 9.50 Å². The second-order valence-electron chi connectivity index (χ2n) is 6.56. The summed E-state index contributed by atoms with van der Waals surface area (Å²) in [5, 5.41) is 7.36. The molecule has 3 rings (SSSR count). The molecule has 0 bridgehead atoms. The summed E-state index contributed by atoms with van der Waals surface area (Å²) in [6, 6.07) is 0. The van der Waals surface area contributed by atoms with Gasteiger partial charge < -0.3 is 5.32 Å². The fourth-order valence-corrected chi connectivity index (χ4v) is 3.08. The van der Waals surface area contributed by atoms with Gasteiger partial charge in [0.1, 0.15) is 5.56 Å². The van der Waals surface area contributed by atoms with Crippen LogP contribution in [0.5, 0.6) is 0 Å². The molecule has 0 radical (unpaired) electrons. The van der Waals surface area contributed by atoms with Crippen molar-refractivity contribution in [3.63, 3.8) is 0 Å². The molecule has 0 spiro atoms. The lowest BCUT2D eigenvalue weighted by Crippen LogP contribution is -2.25. The largest absolute Gasteiger partial charge is 0.352 e. The first-order valence-corrected chi connectivity index (χ1v) is 8.22. The number of nitrogens with one attached hydrogen (secondary N) is 1. The zero-order valence-corrected chi connectivity index (χ0v) is 13.6. The second kappa shape index (κ2) is 6.07. The lowest BCUT2D eigenvalue weighted by atomic mass is 9.95. The van der Waals surface area contributed by atoms with Gasteiger partial charge in [-0.05, 0) is 50.5 Å². The van der Waals surface area contributed by atoms with E-state index in [0.717, 1.165) is 30.7 Å². The van der Waals surface area contributed by atoms with E-state index in [0.29, 0.717) is 23.7 Å². The third-order valence-electron chi connectivity index (χ3n) is 4.43. The minimum atomic E-state index is -0.0710. The van der Waals surface area contributed by atoms with Crippen LogP contribution in [0.1, 0.15) is 60.4 Å². The molecule has 2 aromatic rings. The smallest absolute Gasteiger partial charge is 0.256 e. The first-order valence-electron chi connectivity index (χ1n) is 8.22. The van der Waals surface area contributed by atoms with Crippen LogP contribution in [0.25, 0.3) is 5.65 Å². The topological polar surface area (TPSA) is 59.3 Å². The molecule has 1 amide bonds. The minimum absolute atomic E-state index is 0.0710. The zero-order valence-electron chi connectivity index (χ0n) is 13.6. The van der Waals surface area contributed by atoms with Gasteiger partial charge >= 0.3 is 0 Å². The van der Waals surface area contributed by atoms with Crippen molar-refractivity contribution in [2.45, 2.75) is 52.9 Å². The van der Waals surface area contributed by atoms with Crippen LogP contribution >= 0.6 is 0 Å². The van der Waals surface area contributed by atoms with Gasteiger partial charge in [0.2, 0.25) is 0 Å². The molecule has 22 heavy (non-hydrogen) atoms. The number of rotatable bonds is 4. The average molecular weight is 300 g/mol. The van der Waals surface area contributed by atoms with Crippen LogP contribution in [0, 0.1) is 12.8 Å². The Balaban J connectivity index is 1.91. The van der Waals surface area contributed by atoms with Crippen molar-refractivity contribution in [2.24, 2.45) is 5.92 Å². The number of carbonyl (C=O) groups is 1. The number of amides is 1. The van der Waals surface area contributed by atoms with E-state index in [1.54, 1.807) is 6.20 Å². The monoisotopic (exact) mass is 300 g/mol. The predicted octanol–water partition coefficient (Wildman–Crippen LogP) is 2.69. The van der Waals surface area contributed by atoms with E-state index in [-0.39, 0.29) is 5.91 Å². The maximum Gasteiger partial charge on any atom is 0.256 e. The molecule has 1 aliphatic carbocycles. The Morgan fingerprint density at radius 2 is 2.14 bits per heavy atom. The first kappa shape index (κ1) is 15.0. The Morgan fingerprint density at radius 1 is 1.36 bits per heavy atom. The van der Waals surface area contributed by atoms with Crippen LogP contribution in [0.15, 0.2) is 6.20 Å². The third kappa shape index (κ3) is 2.72. The number of hydrogen-bond donors (Lipinski definition) is 1. The highest BCUT2D eigenvalue weighted by Gasteiger charge is 2.20. The lowest BCUT2D eigenvalue weighted by molar-refractivity contribution is 0.0953. The molecule has 118 valence electrons. The second-order valence-corrected chi connectivity index (χ2v) is 6.56. The van der Waals surface area contributed by atoms with Crippen LogP contribution in [0.3, 0.4) is 0 Å². The van der Waals surface area contributed by atoms with Gasteiger partial charge in [-0.3, -0.25) is 4.79 Å². The highest BCUT2D eigenvalue weighted by molar-refractivity contribution is 5.99. The molecule has 5 heteroatoms. The minimum Gasteiger partial charge on any atom is -0.352 e. The van der Waals surface area contributed by atoms with Gasteiger partial charge in [-0.15, -0.1) is 0 Å². The Morgan fingerprint density at radius 3 is 2.91 bits per heavy atom. The van der Waals surface area contributed by atoms with Crippen LogP contribution < -0.4 is 5.32 Å². The van der Waals surface area contributed by atoms with Crippen molar-refractivity contribution < 1.29 is 4.79 Å². The molecule has 0 saturated carbocycles. The van der Waals surface area contributed by atoms with E-state index in [1.165, 1.54) is 18.4 Å². The number of nitrogens with zero attached hydrogens (tertiary/aromatic N) is 3. The van der Waals surface area contributed by atoms with Crippen molar-refractivity contribution in [3.05, 3.63) is 28.7 Å². The van der Waals surface area contributed by atoms with Gasteiger partial charge in [-0.2, -0.15) is 5.10 Å². The molecule has 0 fully saturated rings. The van der Waals surface area contributed by atoms with Crippen molar-refractivity contribution in [3.8, 4) is 0 Å². The molecule has 0 aliphatic heterocycles. The van der Waals surface area contributed by atoms with Crippen LogP contribution in [-0.4, -0.2) is 27.0 Å². The molecule has 0 unspecified atom stereocenters. The quantitative estimate of drug-likeness (QED) is 0.944. The molecule has 0 aromatic carbocycles. The fourth-order valence-electron chi connectivity index (χ4n) is 3.08. The number of aromatic nitrogens is 3. The van der Waals surface area contributed by atoms with Crippen molar-refractivity contribution in [1.82, 2.24) is 19.9 Å². The summed E-state index contributed by atoms with van der Waals surface area (Å²) in [5.74, 6) is 0.509. The number of hydrogen-bond acceptors (Lipinski definition) is 3. The van der Waals surface area contributed by atoms with E-state index in [4.69, 9.17) is 4.98 Å². The van der Waals surface area contributed by atoms with Crippen molar-refractivity contribution >= 4 is 11.6 Å². The maximum absolute atomic E-state index is 12.4. The Kier molecular flexibility index (Phi) is 4.14. The summed E-state index contributed by atoms with van der Waals surface area (Å²) in [5.41, 5.74) is 4.86. The standard InChI is InChI=1S/C17H24N4O/c1-11(2)8-9-18-17(22)14-10-19-21-12(3)13-6-4-5-7-15(13)20-16(14)21/h10-11H,4-9H2,1-3H3,(H,18,22). The van der Waals surface area contributed by atoms with Gasteiger partial charge in [0.25, 0.3) is 5.91 Å². The SMILES string of the molecule is Cc1c2c(nc3c(C(=O)NCCC(C)C)cnn13)CCCC2. The van der Waals surface area contributed by atoms with Gasteiger partial charge in [-0.1, -0.05) is 13.8 Å². The van der Waals surface area contributed by atoms with E-state index in [1.807, 2.05) is 4.52 Å². The lowest BCUT2D eigenvalue weighted by Gasteiger charge is -2.17. The summed E-state index contributed by atoms with van der Waals surface area (Å²) in [6.07, 6.45) is 7.09. The summed E-state index contributed by atoms with van der Waals surface area (Å²) in [4.78, 5) is 17.1. The Bertz CT molecular complexity index is 702. The Hall–Kier alpha value is -1.91. The van der Waals surface area contributed by atoms with E-state index >= 15 is 0 Å². The molecule has 0 atom stereocenters. The zero-order chi connectivity index (χ0) is 15.7. The van der Waals surface area contributed by atoms with Crippen LogP contribution in [-0.2, 0) is 12.8 Å². The number of fused-ring (bicyclic) bond motifs is 2. The van der Waals surface area contributed by atoms with Crippen molar-refractivity contribution in [2.75, 3.05) is 6.54 Å². The summed E-state index contributed by atoms with van der Waals surface area (Å²) < 4.78 is 1.82. The number of carbonyl (C=O) groups excluding carboxylic acids is 1. The van der Waals surface area contributed by atoms with Crippen LogP contribution in [0.2, 0.25) is 0 Å². The molecule has 2 heterocycles. The normalized spacial score (nSPS) is 14.4. The van der Waals surface area contributed by atoms with Gasteiger partial charge in [0.05, 0.1) is 6.20 Å². The van der Waals surface area contributed by atoms with E-state index in [9.17, 15) is 4.79 Å². The van der Waals surface area contributed by atoms with Crippen molar-refractivity contribution in [1.29, 1.82) is 0 Å². The summed E-state index contributed by atoms with van der Waals surface area (Å²) >= 11 is 0. The Labute approximate surface area is 131 Å². The molecule has 1 aliphatic rings. The molecule has 2 aromatic heterocycles. The molecular weight excluding hydrogens is 276 g/mol. The van der Waals surface area contributed by atoms with E-state index in [2.05, 4.69) is 31.2 Å². The summed E-state index contributed by atoms with van der Waals surface area (Å²) in [7, 11) is 0. The third-order valence-corrected chi connectivity index (χ3v) is 4.43. The average Bonchev–Trinajstić information content (AvgIpc) is 2.91. The molecular formula is C17H24N4O. The highest BCUT2D eigenvalue weighted by atomic mass is 16.1. The number of aryl methyl sites for hydroxylation is 2. The van der Waals surface area contributed by atoms with Gasteiger partial charge in [0.15, 0.2) is 5.65 Å². The predicted molar refractivity (Wildman–Crippen MR) is 86.2 cm³/mol.